The van der Waals surface area contributed by atoms with Gasteiger partial charge in [-0.25, -0.2) is 0 Å². The monoisotopic (exact) mass is 1030 g/mol. The lowest BCUT2D eigenvalue weighted by Gasteiger charge is -2.27. The van der Waals surface area contributed by atoms with Crippen molar-refractivity contribution in [2.45, 2.75) is 404 Å². The Kier molecular flexibility index (Phi) is 61.1. The van der Waals surface area contributed by atoms with Crippen LogP contribution >= 0.6 is 0 Å². The number of aliphatic hydroxyl groups is 4. The molecule has 0 heterocycles. The Morgan fingerprint density at radius 1 is 0.329 bits per heavy atom. The molecule has 436 valence electrons. The van der Waals surface area contributed by atoms with Gasteiger partial charge in [0.05, 0.1) is 18.8 Å². The van der Waals surface area contributed by atoms with Crippen LogP contribution in [0.3, 0.4) is 0 Å². The van der Waals surface area contributed by atoms with Crippen molar-refractivity contribution in [2.75, 3.05) is 6.61 Å². The SMILES string of the molecule is CCCCCCCCCCCCCCCCCC/C=C/CCCC(O)C(O)C(CO)NC(=O)C(O)CCCCCCCCCCCCCCCCCCCCCCCCCCCCCCCCCCCCCC. The first-order valence-corrected chi connectivity index (χ1v) is 33.6. The summed E-state index contributed by atoms with van der Waals surface area (Å²) in [6, 6.07) is -1.000. The van der Waals surface area contributed by atoms with E-state index in [1.54, 1.807) is 0 Å². The molecule has 4 unspecified atom stereocenters. The Morgan fingerprint density at radius 2 is 0.562 bits per heavy atom. The van der Waals surface area contributed by atoms with Crippen molar-refractivity contribution in [3.63, 3.8) is 0 Å². The van der Waals surface area contributed by atoms with Crippen molar-refractivity contribution in [1.82, 2.24) is 5.32 Å². The molecule has 0 aliphatic rings. The minimum Gasteiger partial charge on any atom is -0.394 e. The summed E-state index contributed by atoms with van der Waals surface area (Å²) in [4.78, 5) is 12.6. The molecular weight excluding hydrogens is 899 g/mol. The molecule has 0 fully saturated rings. The first kappa shape index (κ1) is 72.0. The van der Waals surface area contributed by atoms with Crippen LogP contribution in [0.25, 0.3) is 0 Å². The summed E-state index contributed by atoms with van der Waals surface area (Å²) in [5.74, 6) is -0.585. The zero-order valence-corrected chi connectivity index (χ0v) is 49.7. The molecule has 0 bridgehead atoms. The van der Waals surface area contributed by atoms with Gasteiger partial charge in [0, 0.05) is 0 Å². The van der Waals surface area contributed by atoms with Crippen LogP contribution in [-0.2, 0) is 4.79 Å². The molecule has 0 rings (SSSR count). The molecule has 0 saturated heterocycles. The summed E-state index contributed by atoms with van der Waals surface area (Å²) in [5.41, 5.74) is 0. The van der Waals surface area contributed by atoms with Crippen molar-refractivity contribution in [3.8, 4) is 0 Å². The summed E-state index contributed by atoms with van der Waals surface area (Å²) >= 11 is 0. The third-order valence-electron chi connectivity index (χ3n) is 16.2. The average Bonchev–Trinajstić information content (AvgIpc) is 3.40. The van der Waals surface area contributed by atoms with Gasteiger partial charge >= 0.3 is 0 Å². The maximum atomic E-state index is 12.6. The van der Waals surface area contributed by atoms with Gasteiger partial charge in [-0.15, -0.1) is 0 Å². The zero-order chi connectivity index (χ0) is 53.0. The number of allylic oxidation sites excluding steroid dienone is 2. The maximum Gasteiger partial charge on any atom is 0.249 e. The number of hydrogen-bond donors (Lipinski definition) is 5. The average molecular weight is 1030 g/mol. The van der Waals surface area contributed by atoms with Gasteiger partial charge in [-0.2, -0.15) is 0 Å². The first-order chi connectivity index (χ1) is 36.0. The number of carbonyl (C=O) groups excluding carboxylic acids is 1. The van der Waals surface area contributed by atoms with E-state index in [1.165, 1.54) is 315 Å². The van der Waals surface area contributed by atoms with E-state index >= 15 is 0 Å². The molecule has 5 N–H and O–H groups in total. The van der Waals surface area contributed by atoms with E-state index in [-0.39, 0.29) is 0 Å². The standard InChI is InChI=1S/C67H133NO5/c1-3-5-7-9-11-13-15-17-19-21-23-25-26-27-28-29-30-31-32-33-34-35-36-37-38-39-41-43-45-47-49-51-53-55-57-59-61-65(71)67(73)68-63(62-69)66(72)64(70)60-58-56-54-52-50-48-46-44-42-40-24-22-20-18-16-14-12-10-8-6-4-2/h52,54,63-66,69-72H,3-51,53,55-62H2,1-2H3,(H,68,73)/b54-52+. The van der Waals surface area contributed by atoms with Gasteiger partial charge < -0.3 is 25.7 Å². The van der Waals surface area contributed by atoms with Crippen LogP contribution in [0.1, 0.15) is 380 Å². The van der Waals surface area contributed by atoms with E-state index in [0.29, 0.717) is 12.8 Å². The summed E-state index contributed by atoms with van der Waals surface area (Å²) in [6.07, 6.45) is 76.2. The zero-order valence-electron chi connectivity index (χ0n) is 49.7. The Balaban J connectivity index is 3.51. The Hall–Kier alpha value is -0.950. The fourth-order valence-electron chi connectivity index (χ4n) is 11.0. The van der Waals surface area contributed by atoms with Gasteiger partial charge in [0.2, 0.25) is 5.91 Å². The van der Waals surface area contributed by atoms with Crippen LogP contribution in [0.15, 0.2) is 12.2 Å². The largest absolute Gasteiger partial charge is 0.394 e. The normalized spacial score (nSPS) is 13.6. The smallest absolute Gasteiger partial charge is 0.249 e. The van der Waals surface area contributed by atoms with E-state index in [9.17, 15) is 25.2 Å². The van der Waals surface area contributed by atoms with Crippen LogP contribution in [0.4, 0.5) is 0 Å². The van der Waals surface area contributed by atoms with Crippen molar-refractivity contribution in [1.29, 1.82) is 0 Å². The van der Waals surface area contributed by atoms with Gasteiger partial charge in [-0.1, -0.05) is 353 Å². The van der Waals surface area contributed by atoms with Gasteiger partial charge in [0.25, 0.3) is 0 Å². The highest BCUT2D eigenvalue weighted by Crippen LogP contribution is 2.19. The van der Waals surface area contributed by atoms with Gasteiger partial charge in [0.1, 0.15) is 12.2 Å². The highest BCUT2D eigenvalue weighted by atomic mass is 16.3. The predicted molar refractivity (Wildman–Crippen MR) is 321 cm³/mol. The second kappa shape index (κ2) is 61.9. The lowest BCUT2D eigenvalue weighted by atomic mass is 10.00. The van der Waals surface area contributed by atoms with Crippen LogP contribution in [0, 0.1) is 0 Å². The molecule has 0 radical (unpaired) electrons. The number of aliphatic hydroxyl groups excluding tert-OH is 4. The van der Waals surface area contributed by atoms with Crippen LogP contribution < -0.4 is 5.32 Å². The summed E-state index contributed by atoms with van der Waals surface area (Å²) in [5, 5.41) is 44.1. The molecular formula is C67H133NO5. The Morgan fingerprint density at radius 3 is 0.822 bits per heavy atom. The second-order valence-electron chi connectivity index (χ2n) is 23.5. The molecule has 0 aromatic heterocycles. The van der Waals surface area contributed by atoms with Crippen LogP contribution in [-0.4, -0.2) is 57.3 Å². The summed E-state index contributed by atoms with van der Waals surface area (Å²) < 4.78 is 0. The molecule has 6 heteroatoms. The van der Waals surface area contributed by atoms with Gasteiger partial charge in [-0.3, -0.25) is 4.79 Å². The van der Waals surface area contributed by atoms with Crippen LogP contribution in [0.2, 0.25) is 0 Å². The Labute approximate surface area is 457 Å². The van der Waals surface area contributed by atoms with Crippen molar-refractivity contribution in [2.24, 2.45) is 0 Å². The van der Waals surface area contributed by atoms with Crippen LogP contribution in [0.5, 0.6) is 0 Å². The third kappa shape index (κ3) is 55.6. The van der Waals surface area contributed by atoms with E-state index < -0.39 is 36.9 Å². The van der Waals surface area contributed by atoms with E-state index in [0.717, 1.165) is 38.5 Å². The number of rotatable bonds is 63. The van der Waals surface area contributed by atoms with Crippen molar-refractivity contribution < 1.29 is 25.2 Å². The minimum absolute atomic E-state index is 0.369. The minimum atomic E-state index is -1.28. The lowest BCUT2D eigenvalue weighted by molar-refractivity contribution is -0.132. The molecule has 0 spiro atoms. The number of nitrogens with one attached hydrogen (secondary N) is 1. The molecule has 0 aliphatic heterocycles. The first-order valence-electron chi connectivity index (χ1n) is 33.6. The molecule has 4 atom stereocenters. The van der Waals surface area contributed by atoms with Crippen molar-refractivity contribution >= 4 is 5.91 Å². The van der Waals surface area contributed by atoms with E-state index in [2.05, 4.69) is 31.3 Å². The molecule has 6 nitrogen and oxygen atoms in total. The second-order valence-corrected chi connectivity index (χ2v) is 23.5. The number of carbonyl (C=O) groups is 1. The highest BCUT2D eigenvalue weighted by Gasteiger charge is 2.28. The predicted octanol–water partition coefficient (Wildman–Crippen LogP) is 20.4. The number of unbranched alkanes of at least 4 members (excludes halogenated alkanes) is 52. The molecule has 73 heavy (non-hydrogen) atoms. The van der Waals surface area contributed by atoms with Gasteiger partial charge in [0.15, 0.2) is 0 Å². The van der Waals surface area contributed by atoms with E-state index in [4.69, 9.17) is 0 Å². The maximum absolute atomic E-state index is 12.6. The fraction of sp³-hybridized carbons (Fsp3) is 0.955. The molecule has 0 aromatic carbocycles. The molecule has 0 aliphatic carbocycles. The number of hydrogen-bond acceptors (Lipinski definition) is 5. The molecule has 1 amide bonds. The Bertz CT molecular complexity index is 1070. The number of amides is 1. The molecule has 0 aromatic rings. The topological polar surface area (TPSA) is 110 Å². The summed E-state index contributed by atoms with van der Waals surface area (Å²) in [7, 11) is 0. The van der Waals surface area contributed by atoms with Crippen molar-refractivity contribution in [3.05, 3.63) is 12.2 Å². The summed E-state index contributed by atoms with van der Waals surface area (Å²) in [6.45, 7) is 4.10. The lowest BCUT2D eigenvalue weighted by Crippen LogP contribution is -2.53. The van der Waals surface area contributed by atoms with Gasteiger partial charge in [-0.05, 0) is 38.5 Å². The van der Waals surface area contributed by atoms with E-state index in [1.807, 2.05) is 0 Å². The fourth-order valence-corrected chi connectivity index (χ4v) is 11.0. The highest BCUT2D eigenvalue weighted by molar-refractivity contribution is 5.80. The molecule has 0 saturated carbocycles. The quantitative estimate of drug-likeness (QED) is 0.0308. The third-order valence-corrected chi connectivity index (χ3v) is 16.2.